The highest BCUT2D eigenvalue weighted by Gasteiger charge is 2.06. The molecule has 0 N–H and O–H groups in total. The van der Waals surface area contributed by atoms with Crippen molar-refractivity contribution in [3.05, 3.63) is 58.1 Å². The fourth-order valence-electron chi connectivity index (χ4n) is 1.84. The third kappa shape index (κ3) is 3.81. The van der Waals surface area contributed by atoms with Crippen molar-refractivity contribution in [2.24, 2.45) is 0 Å². The van der Waals surface area contributed by atoms with Gasteiger partial charge >= 0.3 is 0 Å². The number of rotatable bonds is 5. The van der Waals surface area contributed by atoms with Crippen LogP contribution in [0.3, 0.4) is 0 Å². The number of hydrogen-bond donors (Lipinski definition) is 0. The molecule has 0 aromatic heterocycles. The molecule has 2 rings (SSSR count). The van der Waals surface area contributed by atoms with Crippen LogP contribution in [0.15, 0.2) is 36.4 Å². The van der Waals surface area contributed by atoms with E-state index in [-0.39, 0.29) is 0 Å². The fraction of sp³-hybridized carbons (Fsp3) is 0.188. The van der Waals surface area contributed by atoms with Crippen LogP contribution in [-0.2, 0) is 12.5 Å². The molecule has 0 atom stereocenters. The molecule has 0 fully saturated rings. The number of alkyl halides is 1. The minimum absolute atomic E-state index is 0.318. The van der Waals surface area contributed by atoms with E-state index in [4.69, 9.17) is 37.9 Å². The topological polar surface area (TPSA) is 42.2 Å². The Hall–Kier alpha value is -1.89. The molecule has 0 heterocycles. The van der Waals surface area contributed by atoms with Gasteiger partial charge in [-0.1, -0.05) is 23.7 Å². The molecule has 0 saturated carbocycles. The van der Waals surface area contributed by atoms with Crippen molar-refractivity contribution >= 4 is 23.2 Å². The molecule has 0 amide bonds. The Morgan fingerprint density at radius 2 is 1.81 bits per heavy atom. The van der Waals surface area contributed by atoms with Crippen molar-refractivity contribution in [3.8, 4) is 17.6 Å². The van der Waals surface area contributed by atoms with Gasteiger partial charge in [0.2, 0.25) is 0 Å². The summed E-state index contributed by atoms with van der Waals surface area (Å²) in [6.07, 6.45) is 0. The molecule has 0 saturated heterocycles. The monoisotopic (exact) mass is 321 g/mol. The second-order valence-corrected chi connectivity index (χ2v) is 5.01. The highest BCUT2D eigenvalue weighted by molar-refractivity contribution is 6.32. The van der Waals surface area contributed by atoms with E-state index in [2.05, 4.69) is 6.07 Å². The molecule has 0 aliphatic rings. The van der Waals surface area contributed by atoms with Crippen molar-refractivity contribution in [3.63, 3.8) is 0 Å². The molecular formula is C16H13Cl2NO2. The normalized spacial score (nSPS) is 10.0. The zero-order valence-electron chi connectivity index (χ0n) is 11.4. The average Bonchev–Trinajstić information content (AvgIpc) is 2.53. The van der Waals surface area contributed by atoms with E-state index in [0.29, 0.717) is 34.6 Å². The van der Waals surface area contributed by atoms with Crippen LogP contribution in [0.5, 0.6) is 11.5 Å². The summed E-state index contributed by atoms with van der Waals surface area (Å²) < 4.78 is 10.8. The average molecular weight is 322 g/mol. The van der Waals surface area contributed by atoms with E-state index < -0.39 is 0 Å². The van der Waals surface area contributed by atoms with Crippen LogP contribution in [0.2, 0.25) is 5.02 Å². The predicted molar refractivity (Wildman–Crippen MR) is 83.1 cm³/mol. The van der Waals surface area contributed by atoms with E-state index in [1.54, 1.807) is 24.3 Å². The zero-order chi connectivity index (χ0) is 15.2. The van der Waals surface area contributed by atoms with Gasteiger partial charge in [0.05, 0.1) is 17.7 Å². The third-order valence-corrected chi connectivity index (χ3v) is 3.53. The Bertz CT molecular complexity index is 680. The molecule has 2 aromatic rings. The van der Waals surface area contributed by atoms with Crippen molar-refractivity contribution < 1.29 is 9.47 Å². The molecule has 2 aromatic carbocycles. The first-order valence-electron chi connectivity index (χ1n) is 6.22. The standard InChI is InChI=1S/C16H13Cl2NO2/c1-20-15-4-3-12(6-13(15)9-19)10-21-16-5-2-11(8-17)7-14(16)18/h2-7H,8,10H2,1H3. The maximum Gasteiger partial charge on any atom is 0.138 e. The molecule has 21 heavy (non-hydrogen) atoms. The summed E-state index contributed by atoms with van der Waals surface area (Å²) >= 11 is 11.9. The van der Waals surface area contributed by atoms with Gasteiger partial charge in [-0.3, -0.25) is 0 Å². The number of nitriles is 1. The molecule has 0 aliphatic carbocycles. The number of ether oxygens (including phenoxy) is 2. The molecule has 5 heteroatoms. The number of halogens is 2. The smallest absolute Gasteiger partial charge is 0.138 e. The molecule has 0 unspecified atom stereocenters. The van der Waals surface area contributed by atoms with Gasteiger partial charge in [0.1, 0.15) is 24.2 Å². The Labute approximate surface area is 133 Å². The first kappa shape index (κ1) is 15.5. The largest absolute Gasteiger partial charge is 0.495 e. The van der Waals surface area contributed by atoms with Crippen molar-refractivity contribution in [1.29, 1.82) is 5.26 Å². The Morgan fingerprint density at radius 3 is 2.43 bits per heavy atom. The Morgan fingerprint density at radius 1 is 1.10 bits per heavy atom. The predicted octanol–water partition coefficient (Wildman–Crippen LogP) is 4.54. The highest BCUT2D eigenvalue weighted by atomic mass is 35.5. The second kappa shape index (κ2) is 7.21. The summed E-state index contributed by atoms with van der Waals surface area (Å²) in [6.45, 7) is 0.318. The first-order chi connectivity index (χ1) is 10.2. The molecule has 3 nitrogen and oxygen atoms in total. The fourth-order valence-corrected chi connectivity index (χ4v) is 2.26. The van der Waals surface area contributed by atoms with Crippen LogP contribution in [-0.4, -0.2) is 7.11 Å². The Balaban J connectivity index is 2.11. The summed E-state index contributed by atoms with van der Waals surface area (Å²) in [5.41, 5.74) is 2.28. The third-order valence-electron chi connectivity index (χ3n) is 2.93. The van der Waals surface area contributed by atoms with Crippen molar-refractivity contribution in [2.75, 3.05) is 7.11 Å². The SMILES string of the molecule is COc1ccc(COc2ccc(CCl)cc2Cl)cc1C#N. The lowest BCUT2D eigenvalue weighted by Crippen LogP contribution is -1.98. The molecular weight excluding hydrogens is 309 g/mol. The van der Waals surface area contributed by atoms with Gasteiger partial charge in [0, 0.05) is 5.88 Å². The molecule has 0 aliphatic heterocycles. The summed E-state index contributed by atoms with van der Waals surface area (Å²) in [7, 11) is 1.53. The van der Waals surface area contributed by atoms with E-state index in [1.807, 2.05) is 12.1 Å². The van der Waals surface area contributed by atoms with Crippen molar-refractivity contribution in [1.82, 2.24) is 0 Å². The van der Waals surface area contributed by atoms with Gasteiger partial charge < -0.3 is 9.47 Å². The van der Waals surface area contributed by atoms with Crippen LogP contribution < -0.4 is 9.47 Å². The van der Waals surface area contributed by atoms with Crippen LogP contribution >= 0.6 is 23.2 Å². The van der Waals surface area contributed by atoms with Gasteiger partial charge in [-0.05, 0) is 35.4 Å². The summed E-state index contributed by atoms with van der Waals surface area (Å²) in [4.78, 5) is 0. The second-order valence-electron chi connectivity index (χ2n) is 4.33. The zero-order valence-corrected chi connectivity index (χ0v) is 12.9. The Kier molecular flexibility index (Phi) is 5.32. The van der Waals surface area contributed by atoms with E-state index >= 15 is 0 Å². The van der Waals surface area contributed by atoms with Gasteiger partial charge in [-0.25, -0.2) is 0 Å². The number of hydrogen-bond acceptors (Lipinski definition) is 3. The van der Waals surface area contributed by atoms with Crippen LogP contribution in [0.1, 0.15) is 16.7 Å². The van der Waals surface area contributed by atoms with E-state index in [0.717, 1.165) is 11.1 Å². The number of nitrogens with zero attached hydrogens (tertiary/aromatic N) is 1. The minimum Gasteiger partial charge on any atom is -0.495 e. The van der Waals surface area contributed by atoms with Gasteiger partial charge in [-0.15, -0.1) is 11.6 Å². The summed E-state index contributed by atoms with van der Waals surface area (Å²) in [5.74, 6) is 1.54. The lowest BCUT2D eigenvalue weighted by molar-refractivity contribution is 0.306. The maximum atomic E-state index is 9.06. The highest BCUT2D eigenvalue weighted by Crippen LogP contribution is 2.27. The molecule has 0 spiro atoms. The molecule has 0 bridgehead atoms. The van der Waals surface area contributed by atoms with Crippen LogP contribution in [0, 0.1) is 11.3 Å². The lowest BCUT2D eigenvalue weighted by Gasteiger charge is -2.10. The van der Waals surface area contributed by atoms with Crippen molar-refractivity contribution in [2.45, 2.75) is 12.5 Å². The molecule has 108 valence electrons. The van der Waals surface area contributed by atoms with Gasteiger partial charge in [0.25, 0.3) is 0 Å². The van der Waals surface area contributed by atoms with Gasteiger partial charge in [-0.2, -0.15) is 5.26 Å². The summed E-state index contributed by atoms with van der Waals surface area (Å²) in [5, 5.41) is 9.57. The van der Waals surface area contributed by atoms with Crippen LogP contribution in [0.25, 0.3) is 0 Å². The summed E-state index contributed by atoms with van der Waals surface area (Å²) in [6, 6.07) is 12.8. The number of benzene rings is 2. The number of methoxy groups -OCH3 is 1. The maximum absolute atomic E-state index is 9.06. The lowest BCUT2D eigenvalue weighted by atomic mass is 10.1. The minimum atomic E-state index is 0.318. The molecule has 0 radical (unpaired) electrons. The van der Waals surface area contributed by atoms with E-state index in [1.165, 1.54) is 7.11 Å². The van der Waals surface area contributed by atoms with E-state index in [9.17, 15) is 0 Å². The quantitative estimate of drug-likeness (QED) is 0.759. The van der Waals surface area contributed by atoms with Gasteiger partial charge in [0.15, 0.2) is 0 Å². The van der Waals surface area contributed by atoms with Crippen LogP contribution in [0.4, 0.5) is 0 Å². The first-order valence-corrected chi connectivity index (χ1v) is 7.13.